The Labute approximate surface area is 192 Å². The van der Waals surface area contributed by atoms with Gasteiger partial charge in [-0.3, -0.25) is 4.99 Å². The molecule has 1 N–H and O–H groups in total. The molecule has 0 aliphatic carbocycles. The second kappa shape index (κ2) is 11.6. The van der Waals surface area contributed by atoms with E-state index < -0.39 is 0 Å². The highest BCUT2D eigenvalue weighted by atomic mass is 127. The van der Waals surface area contributed by atoms with Crippen molar-refractivity contribution in [2.45, 2.75) is 32.3 Å². The van der Waals surface area contributed by atoms with Crippen LogP contribution in [0.4, 0.5) is 0 Å². The van der Waals surface area contributed by atoms with Crippen LogP contribution in [0.2, 0.25) is 0 Å². The number of rotatable bonds is 7. The fraction of sp³-hybridized carbons (Fsp3) is 0.458. The van der Waals surface area contributed by atoms with Gasteiger partial charge in [0.25, 0.3) is 0 Å². The van der Waals surface area contributed by atoms with Crippen molar-refractivity contribution in [1.82, 2.24) is 10.2 Å². The topological polar surface area (TPSA) is 36.9 Å². The number of guanidine groups is 1. The van der Waals surface area contributed by atoms with E-state index in [0.29, 0.717) is 12.5 Å². The summed E-state index contributed by atoms with van der Waals surface area (Å²) in [6.07, 6.45) is 1.15. The first kappa shape index (κ1) is 23.7. The van der Waals surface area contributed by atoms with Gasteiger partial charge in [-0.15, -0.1) is 24.0 Å². The summed E-state index contributed by atoms with van der Waals surface area (Å²) >= 11 is 0. The minimum atomic E-state index is 0. The number of hydrogen-bond donors (Lipinski definition) is 1. The third kappa shape index (κ3) is 7.00. The summed E-state index contributed by atoms with van der Waals surface area (Å²) < 4.78 is 5.95. The Kier molecular flexibility index (Phi) is 9.43. The smallest absolute Gasteiger partial charge is 0.193 e. The Bertz CT molecular complexity index is 749. The van der Waals surface area contributed by atoms with E-state index in [1.807, 2.05) is 13.1 Å². The summed E-state index contributed by atoms with van der Waals surface area (Å²) in [5, 5.41) is 3.59. The molecule has 4 nitrogen and oxygen atoms in total. The highest BCUT2D eigenvalue weighted by Crippen LogP contribution is 2.22. The second-order valence-electron chi connectivity index (χ2n) is 8.25. The van der Waals surface area contributed by atoms with Crippen LogP contribution >= 0.6 is 24.0 Å². The monoisotopic (exact) mass is 507 g/mol. The maximum atomic E-state index is 5.95. The highest BCUT2D eigenvalue weighted by molar-refractivity contribution is 14.0. The van der Waals surface area contributed by atoms with Gasteiger partial charge < -0.3 is 15.0 Å². The van der Waals surface area contributed by atoms with Gasteiger partial charge in [0.15, 0.2) is 5.96 Å². The maximum Gasteiger partial charge on any atom is 0.193 e. The molecule has 5 heteroatoms. The van der Waals surface area contributed by atoms with Crippen LogP contribution < -0.4 is 5.32 Å². The van der Waals surface area contributed by atoms with E-state index >= 15 is 0 Å². The molecule has 0 aromatic heterocycles. The first-order chi connectivity index (χ1) is 13.6. The van der Waals surface area contributed by atoms with Crippen molar-refractivity contribution in [2.75, 3.05) is 33.3 Å². The van der Waals surface area contributed by atoms with E-state index in [-0.39, 0.29) is 29.4 Å². The molecule has 0 saturated carbocycles. The van der Waals surface area contributed by atoms with Gasteiger partial charge in [-0.2, -0.15) is 0 Å². The van der Waals surface area contributed by atoms with E-state index in [1.54, 1.807) is 0 Å². The predicted molar refractivity (Wildman–Crippen MR) is 132 cm³/mol. The van der Waals surface area contributed by atoms with Crippen molar-refractivity contribution in [2.24, 2.45) is 10.9 Å². The van der Waals surface area contributed by atoms with Crippen molar-refractivity contribution in [3.63, 3.8) is 0 Å². The van der Waals surface area contributed by atoms with E-state index in [1.165, 1.54) is 11.1 Å². The molecule has 29 heavy (non-hydrogen) atoms. The minimum Gasteiger partial charge on any atom is -0.376 e. The van der Waals surface area contributed by atoms with Gasteiger partial charge >= 0.3 is 0 Å². The molecule has 0 amide bonds. The summed E-state index contributed by atoms with van der Waals surface area (Å²) in [4.78, 5) is 6.88. The number of nitrogens with one attached hydrogen (secondary N) is 1. The van der Waals surface area contributed by atoms with E-state index in [0.717, 1.165) is 38.6 Å². The lowest BCUT2D eigenvalue weighted by molar-refractivity contribution is 0.0906. The molecule has 1 atom stereocenters. The Morgan fingerprint density at radius 3 is 2.41 bits per heavy atom. The first-order valence-corrected chi connectivity index (χ1v) is 10.2. The van der Waals surface area contributed by atoms with Crippen LogP contribution in [0.5, 0.6) is 0 Å². The molecule has 0 spiro atoms. The SMILES string of the molecule is CN=C(NCC(C)(C)c1ccccc1)N1CCC(COCc2ccccc2)C1.I. The molecule has 1 aliphatic heterocycles. The fourth-order valence-electron chi connectivity index (χ4n) is 3.70. The van der Waals surface area contributed by atoms with Gasteiger partial charge in [0, 0.05) is 38.0 Å². The summed E-state index contributed by atoms with van der Waals surface area (Å²) in [7, 11) is 1.87. The number of halogens is 1. The average molecular weight is 507 g/mol. The lowest BCUT2D eigenvalue weighted by Crippen LogP contribution is -2.45. The van der Waals surface area contributed by atoms with E-state index in [4.69, 9.17) is 4.74 Å². The Morgan fingerprint density at radius 1 is 1.10 bits per heavy atom. The zero-order valence-corrected chi connectivity index (χ0v) is 20.1. The summed E-state index contributed by atoms with van der Waals surface area (Å²) in [6, 6.07) is 21.0. The van der Waals surface area contributed by atoms with Crippen LogP contribution in [0.25, 0.3) is 0 Å². The Morgan fingerprint density at radius 2 is 1.76 bits per heavy atom. The molecule has 0 radical (unpaired) electrons. The molecule has 158 valence electrons. The van der Waals surface area contributed by atoms with Gasteiger partial charge in [-0.25, -0.2) is 0 Å². The molecule has 1 fully saturated rings. The molecule has 1 saturated heterocycles. The van der Waals surface area contributed by atoms with Gasteiger partial charge in [0.2, 0.25) is 0 Å². The summed E-state index contributed by atoms with van der Waals surface area (Å²) in [6.45, 7) is 8.92. The maximum absolute atomic E-state index is 5.95. The Hall–Kier alpha value is -1.60. The van der Waals surface area contributed by atoms with Crippen molar-refractivity contribution < 1.29 is 4.74 Å². The van der Waals surface area contributed by atoms with E-state index in [9.17, 15) is 0 Å². The molecule has 1 heterocycles. The number of nitrogens with zero attached hydrogens (tertiary/aromatic N) is 2. The molecule has 1 unspecified atom stereocenters. The van der Waals surface area contributed by atoms with Crippen LogP contribution in [0.15, 0.2) is 65.7 Å². The largest absolute Gasteiger partial charge is 0.376 e. The molecule has 2 aromatic rings. The standard InChI is InChI=1S/C24H33N3O.HI/c1-24(2,22-12-8-5-9-13-22)19-26-23(25-3)27-15-14-21(16-27)18-28-17-20-10-6-4-7-11-20;/h4-13,21H,14-19H2,1-3H3,(H,25,26);1H. The molecular formula is C24H34IN3O. The predicted octanol–water partition coefficient (Wildman–Crippen LogP) is 4.70. The van der Waals surface area contributed by atoms with Gasteiger partial charge in [0.1, 0.15) is 0 Å². The number of hydrogen-bond acceptors (Lipinski definition) is 2. The van der Waals surface area contributed by atoms with Crippen LogP contribution in [-0.2, 0) is 16.8 Å². The van der Waals surface area contributed by atoms with Crippen LogP contribution in [0.1, 0.15) is 31.4 Å². The minimum absolute atomic E-state index is 0. The third-order valence-electron chi connectivity index (χ3n) is 5.51. The molecule has 2 aromatic carbocycles. The van der Waals surface area contributed by atoms with Gasteiger partial charge in [0.05, 0.1) is 13.2 Å². The van der Waals surface area contributed by atoms with Crippen molar-refractivity contribution in [3.05, 3.63) is 71.8 Å². The Balaban J connectivity index is 0.00000300. The van der Waals surface area contributed by atoms with Crippen LogP contribution in [-0.4, -0.2) is 44.1 Å². The number of likely N-dealkylation sites (tertiary alicyclic amines) is 1. The van der Waals surface area contributed by atoms with Crippen LogP contribution in [0.3, 0.4) is 0 Å². The zero-order valence-electron chi connectivity index (χ0n) is 17.8. The summed E-state index contributed by atoms with van der Waals surface area (Å²) in [5.74, 6) is 1.55. The number of benzene rings is 2. The molecule has 3 rings (SSSR count). The van der Waals surface area contributed by atoms with Gasteiger partial charge in [-0.05, 0) is 17.5 Å². The summed E-state index contributed by atoms with van der Waals surface area (Å²) in [5.41, 5.74) is 2.62. The van der Waals surface area contributed by atoms with Gasteiger partial charge in [-0.1, -0.05) is 74.5 Å². The lowest BCUT2D eigenvalue weighted by atomic mass is 9.85. The lowest BCUT2D eigenvalue weighted by Gasteiger charge is -2.29. The normalized spacial score (nSPS) is 17.1. The molecular weight excluding hydrogens is 473 g/mol. The number of aliphatic imine (C=N–C) groups is 1. The second-order valence-corrected chi connectivity index (χ2v) is 8.25. The first-order valence-electron chi connectivity index (χ1n) is 10.2. The fourth-order valence-corrected chi connectivity index (χ4v) is 3.70. The average Bonchev–Trinajstić information content (AvgIpc) is 3.18. The van der Waals surface area contributed by atoms with Crippen LogP contribution in [0, 0.1) is 5.92 Å². The van der Waals surface area contributed by atoms with Crippen molar-refractivity contribution >= 4 is 29.9 Å². The third-order valence-corrected chi connectivity index (χ3v) is 5.51. The zero-order chi connectivity index (χ0) is 19.8. The molecule has 1 aliphatic rings. The van der Waals surface area contributed by atoms with E-state index in [2.05, 4.69) is 83.7 Å². The van der Waals surface area contributed by atoms with Crippen molar-refractivity contribution in [3.8, 4) is 0 Å². The molecule has 0 bridgehead atoms. The quantitative estimate of drug-likeness (QED) is 0.336. The highest BCUT2D eigenvalue weighted by Gasteiger charge is 2.27. The van der Waals surface area contributed by atoms with Crippen molar-refractivity contribution in [1.29, 1.82) is 0 Å². The number of ether oxygens (including phenoxy) is 1.